The van der Waals surface area contributed by atoms with Gasteiger partial charge in [-0.15, -0.1) is 0 Å². The third kappa shape index (κ3) is 4.41. The van der Waals surface area contributed by atoms with Crippen molar-refractivity contribution in [2.24, 2.45) is 0 Å². The van der Waals surface area contributed by atoms with E-state index < -0.39 is 0 Å². The molecule has 174 valence electrons. The Morgan fingerprint density at radius 1 is 1.00 bits per heavy atom. The second-order valence-corrected chi connectivity index (χ2v) is 8.38. The summed E-state index contributed by atoms with van der Waals surface area (Å²) in [6, 6.07) is 16.7. The first-order chi connectivity index (χ1) is 16.5. The van der Waals surface area contributed by atoms with Gasteiger partial charge in [0, 0.05) is 38.7 Å². The lowest BCUT2D eigenvalue weighted by Crippen LogP contribution is -2.50. The lowest BCUT2D eigenvalue weighted by molar-refractivity contribution is -0.132. The molecule has 1 fully saturated rings. The molecule has 0 aliphatic carbocycles. The van der Waals surface area contributed by atoms with Crippen LogP contribution in [-0.4, -0.2) is 56.9 Å². The molecule has 1 amide bonds. The predicted molar refractivity (Wildman–Crippen MR) is 126 cm³/mol. The number of carbonyl (C=O) groups excluding carboxylic acids is 1. The molecule has 0 radical (unpaired) electrons. The second-order valence-electron chi connectivity index (χ2n) is 8.38. The van der Waals surface area contributed by atoms with Crippen molar-refractivity contribution in [1.29, 1.82) is 0 Å². The van der Waals surface area contributed by atoms with Gasteiger partial charge in [0.2, 0.25) is 11.8 Å². The zero-order valence-electron chi connectivity index (χ0n) is 19.1. The summed E-state index contributed by atoms with van der Waals surface area (Å²) in [5.74, 6) is 0.817. The Morgan fingerprint density at radius 3 is 2.44 bits per heavy atom. The van der Waals surface area contributed by atoms with E-state index in [9.17, 15) is 9.18 Å². The summed E-state index contributed by atoms with van der Waals surface area (Å²) in [4.78, 5) is 21.3. The van der Waals surface area contributed by atoms with Crippen molar-refractivity contribution in [3.05, 3.63) is 71.9 Å². The molecule has 34 heavy (non-hydrogen) atoms. The van der Waals surface area contributed by atoms with E-state index in [0.29, 0.717) is 49.3 Å². The molecule has 1 saturated heterocycles. The van der Waals surface area contributed by atoms with E-state index in [1.807, 2.05) is 46.2 Å². The quantitative estimate of drug-likeness (QED) is 0.452. The zero-order valence-corrected chi connectivity index (χ0v) is 19.1. The van der Waals surface area contributed by atoms with Gasteiger partial charge in [-0.3, -0.25) is 9.48 Å². The average molecular weight is 461 g/mol. The minimum absolute atomic E-state index is 0.00828. The molecule has 0 saturated carbocycles. The van der Waals surface area contributed by atoms with Crippen LogP contribution in [0.5, 0.6) is 0 Å². The van der Waals surface area contributed by atoms with Crippen molar-refractivity contribution in [3.63, 3.8) is 0 Å². The first kappa shape index (κ1) is 21.8. The van der Waals surface area contributed by atoms with E-state index in [4.69, 9.17) is 9.62 Å². The number of halogens is 1. The van der Waals surface area contributed by atoms with Crippen molar-refractivity contribution in [1.82, 2.24) is 24.8 Å². The van der Waals surface area contributed by atoms with Crippen molar-refractivity contribution < 1.29 is 13.7 Å². The first-order valence-corrected chi connectivity index (χ1v) is 11.2. The predicted octanol–water partition coefficient (Wildman–Crippen LogP) is 3.70. The van der Waals surface area contributed by atoms with Gasteiger partial charge < -0.3 is 14.3 Å². The van der Waals surface area contributed by atoms with Gasteiger partial charge >= 0.3 is 0 Å². The SMILES string of the molecule is Cc1nc(N2CCN(C(=O)Cn3nc(-c4ccc(F)c(C)c4)cc3-c3ccccc3)CC2)no1. The number of amides is 1. The van der Waals surface area contributed by atoms with Crippen LogP contribution in [0, 0.1) is 19.7 Å². The van der Waals surface area contributed by atoms with Gasteiger partial charge in [-0.2, -0.15) is 10.1 Å². The van der Waals surface area contributed by atoms with Gasteiger partial charge in [0.25, 0.3) is 5.95 Å². The highest BCUT2D eigenvalue weighted by molar-refractivity contribution is 5.78. The molecule has 0 spiro atoms. The van der Waals surface area contributed by atoms with E-state index in [0.717, 1.165) is 16.8 Å². The summed E-state index contributed by atoms with van der Waals surface area (Å²) in [6.07, 6.45) is 0. The summed E-state index contributed by atoms with van der Waals surface area (Å²) < 4.78 is 20.6. The van der Waals surface area contributed by atoms with Gasteiger partial charge in [0.15, 0.2) is 0 Å². The van der Waals surface area contributed by atoms with Crippen molar-refractivity contribution in [2.75, 3.05) is 31.1 Å². The Bertz CT molecular complexity index is 1310. The van der Waals surface area contributed by atoms with E-state index in [1.54, 1.807) is 30.7 Å². The fourth-order valence-electron chi connectivity index (χ4n) is 4.12. The third-order valence-electron chi connectivity index (χ3n) is 6.02. The van der Waals surface area contributed by atoms with Gasteiger partial charge in [-0.1, -0.05) is 30.3 Å². The molecular formula is C25H25FN6O2. The highest BCUT2D eigenvalue weighted by atomic mass is 19.1. The number of nitrogens with zero attached hydrogens (tertiary/aromatic N) is 6. The molecule has 3 heterocycles. The van der Waals surface area contributed by atoms with Gasteiger partial charge in [-0.05, 0) is 47.5 Å². The third-order valence-corrected chi connectivity index (χ3v) is 6.02. The molecule has 0 N–H and O–H groups in total. The molecule has 8 nitrogen and oxygen atoms in total. The van der Waals surface area contributed by atoms with E-state index >= 15 is 0 Å². The summed E-state index contributed by atoms with van der Waals surface area (Å²) in [5, 5.41) is 8.70. The average Bonchev–Trinajstić information content (AvgIpc) is 3.48. The van der Waals surface area contributed by atoms with Crippen LogP contribution in [0.25, 0.3) is 22.5 Å². The number of anilines is 1. The van der Waals surface area contributed by atoms with Crippen LogP contribution in [0.2, 0.25) is 0 Å². The van der Waals surface area contributed by atoms with Crippen LogP contribution in [-0.2, 0) is 11.3 Å². The number of aryl methyl sites for hydroxylation is 2. The summed E-state index contributed by atoms with van der Waals surface area (Å²) in [7, 11) is 0. The fourth-order valence-corrected chi connectivity index (χ4v) is 4.12. The van der Waals surface area contributed by atoms with Crippen molar-refractivity contribution >= 4 is 11.9 Å². The number of aromatic nitrogens is 4. The van der Waals surface area contributed by atoms with Crippen LogP contribution in [0.1, 0.15) is 11.5 Å². The second kappa shape index (κ2) is 9.09. The van der Waals surface area contributed by atoms with Crippen LogP contribution < -0.4 is 4.90 Å². The Hall–Kier alpha value is -4.01. The molecule has 4 aromatic rings. The maximum Gasteiger partial charge on any atom is 0.266 e. The topological polar surface area (TPSA) is 80.3 Å². The summed E-state index contributed by atoms with van der Waals surface area (Å²) >= 11 is 0. The Morgan fingerprint density at radius 2 is 1.76 bits per heavy atom. The minimum Gasteiger partial charge on any atom is -0.338 e. The van der Waals surface area contributed by atoms with E-state index in [-0.39, 0.29) is 18.3 Å². The lowest BCUT2D eigenvalue weighted by atomic mass is 10.1. The number of carbonyl (C=O) groups is 1. The van der Waals surface area contributed by atoms with Crippen molar-refractivity contribution in [2.45, 2.75) is 20.4 Å². The molecule has 0 unspecified atom stereocenters. The number of piperazine rings is 1. The minimum atomic E-state index is -0.253. The highest BCUT2D eigenvalue weighted by Crippen LogP contribution is 2.27. The molecule has 0 atom stereocenters. The first-order valence-electron chi connectivity index (χ1n) is 11.2. The Balaban J connectivity index is 1.36. The molecule has 0 bridgehead atoms. The normalized spacial score (nSPS) is 14.0. The Kier molecular flexibility index (Phi) is 5.83. The monoisotopic (exact) mass is 460 g/mol. The molecule has 5 rings (SSSR count). The summed E-state index contributed by atoms with van der Waals surface area (Å²) in [6.45, 7) is 6.01. The maximum absolute atomic E-state index is 13.8. The smallest absolute Gasteiger partial charge is 0.266 e. The molecule has 2 aromatic carbocycles. The highest BCUT2D eigenvalue weighted by Gasteiger charge is 2.25. The van der Waals surface area contributed by atoms with E-state index in [2.05, 4.69) is 10.1 Å². The van der Waals surface area contributed by atoms with E-state index in [1.165, 1.54) is 6.07 Å². The van der Waals surface area contributed by atoms with Gasteiger partial charge in [0.05, 0.1) is 11.4 Å². The van der Waals surface area contributed by atoms with Gasteiger partial charge in [-0.25, -0.2) is 4.39 Å². The molecular weight excluding hydrogens is 435 g/mol. The lowest BCUT2D eigenvalue weighted by Gasteiger charge is -2.34. The number of rotatable bonds is 5. The van der Waals surface area contributed by atoms with Gasteiger partial charge in [0.1, 0.15) is 12.4 Å². The fraction of sp³-hybridized carbons (Fsp3) is 0.280. The molecule has 9 heteroatoms. The maximum atomic E-state index is 13.8. The largest absolute Gasteiger partial charge is 0.338 e. The van der Waals surface area contributed by atoms with Crippen LogP contribution in [0.3, 0.4) is 0 Å². The Labute approximate surface area is 196 Å². The number of hydrogen-bond donors (Lipinski definition) is 0. The molecule has 1 aliphatic rings. The van der Waals surface area contributed by atoms with Crippen LogP contribution >= 0.6 is 0 Å². The molecule has 1 aliphatic heterocycles. The number of hydrogen-bond acceptors (Lipinski definition) is 6. The standard InChI is InChI=1S/C25H25FN6O2/c1-17-14-20(8-9-21(17)26)22-15-23(19-6-4-3-5-7-19)32(28-22)16-24(33)30-10-12-31(13-11-30)25-27-18(2)34-29-25/h3-9,14-15H,10-13,16H2,1-2H3. The summed E-state index contributed by atoms with van der Waals surface area (Å²) in [5.41, 5.74) is 3.87. The molecule has 2 aromatic heterocycles. The zero-order chi connectivity index (χ0) is 23.7. The van der Waals surface area contributed by atoms with Crippen molar-refractivity contribution in [3.8, 4) is 22.5 Å². The number of benzene rings is 2. The van der Waals surface area contributed by atoms with Crippen LogP contribution in [0.15, 0.2) is 59.1 Å². The van der Waals surface area contributed by atoms with Crippen LogP contribution in [0.4, 0.5) is 10.3 Å².